The Morgan fingerprint density at radius 3 is 2.08 bits per heavy atom. The summed E-state index contributed by atoms with van der Waals surface area (Å²) in [6.07, 6.45) is 0. The van der Waals surface area contributed by atoms with Crippen LogP contribution in [0.3, 0.4) is 0 Å². The highest BCUT2D eigenvalue weighted by Gasteiger charge is 2.11. The molecular formula is C17H30IN3O3. The first kappa shape index (κ1) is 22.6. The maximum absolute atomic E-state index is 5.43. The van der Waals surface area contributed by atoms with Gasteiger partial charge in [0.15, 0.2) is 17.5 Å². The number of guanidine groups is 1. The van der Waals surface area contributed by atoms with Crippen molar-refractivity contribution in [2.45, 2.75) is 27.3 Å². The van der Waals surface area contributed by atoms with Crippen molar-refractivity contribution in [3.63, 3.8) is 0 Å². The van der Waals surface area contributed by atoms with Crippen molar-refractivity contribution >= 4 is 29.9 Å². The molecule has 7 heteroatoms. The van der Waals surface area contributed by atoms with Crippen LogP contribution in [-0.4, -0.2) is 40.4 Å². The summed E-state index contributed by atoms with van der Waals surface area (Å²) in [5, 5.41) is 6.56. The van der Waals surface area contributed by atoms with Crippen LogP contribution >= 0.6 is 24.0 Å². The van der Waals surface area contributed by atoms with Crippen molar-refractivity contribution in [1.29, 1.82) is 0 Å². The molecule has 0 radical (unpaired) electrons. The zero-order chi connectivity index (χ0) is 17.2. The predicted molar refractivity (Wildman–Crippen MR) is 109 cm³/mol. The lowest BCUT2D eigenvalue weighted by Crippen LogP contribution is -2.39. The van der Waals surface area contributed by atoms with Crippen LogP contribution in [0.5, 0.6) is 17.2 Å². The van der Waals surface area contributed by atoms with Crippen LogP contribution in [0.25, 0.3) is 0 Å². The first-order chi connectivity index (χ1) is 11.0. The smallest absolute Gasteiger partial charge is 0.191 e. The molecule has 0 amide bonds. The van der Waals surface area contributed by atoms with E-state index in [-0.39, 0.29) is 24.0 Å². The standard InChI is InChI=1S/C17H29N3O3.HI/c1-7-18-17(19-10-12(2)3)20-11-13-8-15(22-5)16(23-6)9-14(13)21-4;/h8-9,12H,7,10-11H2,1-6H3,(H2,18,19,20);1H. The third-order valence-electron chi connectivity index (χ3n) is 3.22. The highest BCUT2D eigenvalue weighted by Crippen LogP contribution is 2.34. The zero-order valence-corrected chi connectivity index (χ0v) is 17.8. The Labute approximate surface area is 162 Å². The molecule has 0 bridgehead atoms. The molecule has 1 rings (SSSR count). The van der Waals surface area contributed by atoms with Crippen molar-refractivity contribution < 1.29 is 14.2 Å². The number of nitrogens with zero attached hydrogens (tertiary/aromatic N) is 1. The topological polar surface area (TPSA) is 64.1 Å². The van der Waals surface area contributed by atoms with Crippen LogP contribution in [0.1, 0.15) is 26.3 Å². The lowest BCUT2D eigenvalue weighted by molar-refractivity contribution is 0.347. The molecule has 0 saturated carbocycles. The molecule has 0 aliphatic rings. The van der Waals surface area contributed by atoms with Gasteiger partial charge in [-0.25, -0.2) is 4.99 Å². The normalized spacial score (nSPS) is 10.9. The number of benzene rings is 1. The Morgan fingerprint density at radius 1 is 1.00 bits per heavy atom. The maximum atomic E-state index is 5.43. The number of ether oxygens (including phenoxy) is 3. The Hall–Kier alpha value is -1.38. The van der Waals surface area contributed by atoms with Gasteiger partial charge in [-0.1, -0.05) is 13.8 Å². The first-order valence-electron chi connectivity index (χ1n) is 7.86. The number of hydrogen-bond acceptors (Lipinski definition) is 4. The summed E-state index contributed by atoms with van der Waals surface area (Å²) in [6, 6.07) is 3.71. The Bertz CT molecular complexity index is 522. The van der Waals surface area contributed by atoms with E-state index in [4.69, 9.17) is 14.2 Å². The monoisotopic (exact) mass is 451 g/mol. The fraction of sp³-hybridized carbons (Fsp3) is 0.588. The summed E-state index contributed by atoms with van der Waals surface area (Å²) in [5.74, 6) is 3.37. The average molecular weight is 451 g/mol. The Kier molecular flexibility index (Phi) is 11.4. The largest absolute Gasteiger partial charge is 0.496 e. The van der Waals surface area contributed by atoms with Gasteiger partial charge in [-0.15, -0.1) is 24.0 Å². The highest BCUT2D eigenvalue weighted by molar-refractivity contribution is 14.0. The van der Waals surface area contributed by atoms with Crippen molar-refractivity contribution in [3.8, 4) is 17.2 Å². The molecule has 0 spiro atoms. The molecule has 0 heterocycles. The fourth-order valence-electron chi connectivity index (χ4n) is 2.02. The van der Waals surface area contributed by atoms with E-state index in [9.17, 15) is 0 Å². The van der Waals surface area contributed by atoms with Gasteiger partial charge in [0.25, 0.3) is 0 Å². The van der Waals surface area contributed by atoms with E-state index in [1.54, 1.807) is 21.3 Å². The molecule has 2 N–H and O–H groups in total. The number of nitrogens with one attached hydrogen (secondary N) is 2. The second-order valence-electron chi connectivity index (χ2n) is 5.49. The molecule has 0 aliphatic heterocycles. The minimum absolute atomic E-state index is 0. The molecule has 1 aromatic carbocycles. The SMILES string of the molecule is CCNC(=NCc1cc(OC)c(OC)cc1OC)NCC(C)C.I. The molecule has 0 aliphatic carbocycles. The molecule has 0 unspecified atom stereocenters. The van der Waals surface area contributed by atoms with E-state index in [2.05, 4.69) is 29.5 Å². The van der Waals surface area contributed by atoms with Gasteiger partial charge in [-0.3, -0.25) is 0 Å². The minimum atomic E-state index is 0. The van der Waals surface area contributed by atoms with E-state index in [1.165, 1.54) is 0 Å². The molecule has 1 aromatic rings. The third-order valence-corrected chi connectivity index (χ3v) is 3.22. The molecule has 6 nitrogen and oxygen atoms in total. The van der Waals surface area contributed by atoms with E-state index in [0.717, 1.165) is 30.4 Å². The van der Waals surface area contributed by atoms with Gasteiger partial charge >= 0.3 is 0 Å². The number of methoxy groups -OCH3 is 3. The van der Waals surface area contributed by atoms with Crippen molar-refractivity contribution in [1.82, 2.24) is 10.6 Å². The zero-order valence-electron chi connectivity index (χ0n) is 15.4. The first-order valence-corrected chi connectivity index (χ1v) is 7.86. The number of hydrogen-bond donors (Lipinski definition) is 2. The maximum Gasteiger partial charge on any atom is 0.191 e. The van der Waals surface area contributed by atoms with E-state index < -0.39 is 0 Å². The van der Waals surface area contributed by atoms with Crippen molar-refractivity contribution in [3.05, 3.63) is 17.7 Å². The lowest BCUT2D eigenvalue weighted by Gasteiger charge is -2.15. The fourth-order valence-corrected chi connectivity index (χ4v) is 2.02. The second-order valence-corrected chi connectivity index (χ2v) is 5.49. The Morgan fingerprint density at radius 2 is 1.58 bits per heavy atom. The summed E-state index contributed by atoms with van der Waals surface area (Å²) in [5.41, 5.74) is 0.937. The van der Waals surface area contributed by atoms with E-state index >= 15 is 0 Å². The van der Waals surface area contributed by atoms with Crippen LogP contribution < -0.4 is 24.8 Å². The van der Waals surface area contributed by atoms with E-state index in [0.29, 0.717) is 24.0 Å². The van der Waals surface area contributed by atoms with E-state index in [1.807, 2.05) is 19.1 Å². The number of rotatable bonds is 8. The van der Waals surface area contributed by atoms with Gasteiger partial charge < -0.3 is 24.8 Å². The van der Waals surface area contributed by atoms with Gasteiger partial charge in [-0.05, 0) is 18.9 Å². The van der Waals surface area contributed by atoms with Crippen LogP contribution in [-0.2, 0) is 6.54 Å². The van der Waals surface area contributed by atoms with Gasteiger partial charge in [-0.2, -0.15) is 0 Å². The summed E-state index contributed by atoms with van der Waals surface area (Å²) in [4.78, 5) is 4.61. The second kappa shape index (κ2) is 12.0. The van der Waals surface area contributed by atoms with Gasteiger partial charge in [0, 0.05) is 24.7 Å². The summed E-state index contributed by atoms with van der Waals surface area (Å²) in [7, 11) is 4.86. The van der Waals surface area contributed by atoms with Crippen LogP contribution in [0, 0.1) is 5.92 Å². The molecule has 138 valence electrons. The lowest BCUT2D eigenvalue weighted by atomic mass is 10.1. The molecular weight excluding hydrogens is 421 g/mol. The Balaban J connectivity index is 0.00000529. The van der Waals surface area contributed by atoms with Crippen molar-refractivity contribution in [2.75, 3.05) is 34.4 Å². The average Bonchev–Trinajstić information content (AvgIpc) is 2.56. The summed E-state index contributed by atoms with van der Waals surface area (Å²) < 4.78 is 16.1. The van der Waals surface area contributed by atoms with Gasteiger partial charge in [0.05, 0.1) is 27.9 Å². The van der Waals surface area contributed by atoms with Crippen molar-refractivity contribution in [2.24, 2.45) is 10.9 Å². The number of aliphatic imine (C=N–C) groups is 1. The predicted octanol–water partition coefficient (Wildman–Crippen LogP) is 3.04. The van der Waals surface area contributed by atoms with Crippen LogP contribution in [0.4, 0.5) is 0 Å². The molecule has 24 heavy (non-hydrogen) atoms. The summed E-state index contributed by atoms with van der Waals surface area (Å²) in [6.45, 7) is 8.53. The number of halogens is 1. The molecule has 0 atom stereocenters. The minimum Gasteiger partial charge on any atom is -0.496 e. The molecule has 0 saturated heterocycles. The van der Waals surface area contributed by atoms with Crippen LogP contribution in [0.2, 0.25) is 0 Å². The molecule has 0 aromatic heterocycles. The third kappa shape index (κ3) is 7.02. The van der Waals surface area contributed by atoms with Gasteiger partial charge in [0.2, 0.25) is 0 Å². The summed E-state index contributed by atoms with van der Waals surface area (Å²) >= 11 is 0. The van der Waals surface area contributed by atoms with Gasteiger partial charge in [0.1, 0.15) is 5.75 Å². The molecule has 0 fully saturated rings. The quantitative estimate of drug-likeness (QED) is 0.362. The van der Waals surface area contributed by atoms with Crippen LogP contribution in [0.15, 0.2) is 17.1 Å². The highest BCUT2D eigenvalue weighted by atomic mass is 127.